The maximum Gasteiger partial charge on any atom is 0.326 e. The van der Waals surface area contributed by atoms with E-state index in [1.807, 2.05) is 6.92 Å². The number of carboxylic acid groups (broad SMARTS) is 1. The zero-order valence-corrected chi connectivity index (χ0v) is 22.4. The van der Waals surface area contributed by atoms with Crippen LogP contribution in [0.15, 0.2) is 24.3 Å². The van der Waals surface area contributed by atoms with Gasteiger partial charge in [-0.1, -0.05) is 52.7 Å². The monoisotopic (exact) mass is 535 g/mol. The van der Waals surface area contributed by atoms with Gasteiger partial charge in [-0.3, -0.25) is 19.2 Å². The van der Waals surface area contributed by atoms with Gasteiger partial charge in [-0.15, -0.1) is 0 Å². The van der Waals surface area contributed by atoms with E-state index in [0.717, 1.165) is 0 Å². The van der Waals surface area contributed by atoms with Crippen molar-refractivity contribution in [2.24, 2.45) is 23.3 Å². The van der Waals surface area contributed by atoms with Crippen molar-refractivity contribution in [3.63, 3.8) is 0 Å². The molecule has 12 heteroatoms. The number of nitrogens with one attached hydrogen (secondary N) is 3. The number of primary amides is 1. The molecule has 6 unspecified atom stereocenters. The van der Waals surface area contributed by atoms with Crippen molar-refractivity contribution in [2.45, 2.75) is 84.0 Å². The minimum Gasteiger partial charge on any atom is -0.508 e. The standard InChI is InChI=1S/C26H41N5O7/c1-5-14(3)21(28)25(36)30-19(13-16-7-9-17(32)10-8-16)24(35)29-18(11-12-20(27)33)23(34)31-22(26(37)38)15(4)6-2/h7-10,14-15,18-19,21-22,32H,5-6,11-13,28H2,1-4H3,(H2,27,33)(H,29,35)(H,30,36)(H,31,34)(H,37,38). The molecular weight excluding hydrogens is 494 g/mol. The summed E-state index contributed by atoms with van der Waals surface area (Å²) >= 11 is 0. The molecule has 6 atom stereocenters. The number of phenolic OH excluding ortho intramolecular Hbond substituents is 1. The van der Waals surface area contributed by atoms with Gasteiger partial charge < -0.3 is 37.6 Å². The number of carbonyl (C=O) groups is 5. The summed E-state index contributed by atoms with van der Waals surface area (Å²) in [6, 6.07) is 1.49. The quantitative estimate of drug-likeness (QED) is 0.154. The van der Waals surface area contributed by atoms with Gasteiger partial charge in [0, 0.05) is 12.8 Å². The van der Waals surface area contributed by atoms with Crippen LogP contribution in [0.3, 0.4) is 0 Å². The Morgan fingerprint density at radius 2 is 1.37 bits per heavy atom. The molecule has 1 aromatic rings. The molecule has 1 rings (SSSR count). The van der Waals surface area contributed by atoms with Gasteiger partial charge in [-0.2, -0.15) is 0 Å². The number of aliphatic carboxylic acids is 1. The zero-order valence-electron chi connectivity index (χ0n) is 22.4. The second kappa shape index (κ2) is 15.6. The normalized spacial score (nSPS) is 15.7. The lowest BCUT2D eigenvalue weighted by Crippen LogP contribution is -2.58. The first-order chi connectivity index (χ1) is 17.8. The fourth-order valence-electron chi connectivity index (χ4n) is 3.62. The van der Waals surface area contributed by atoms with Crippen molar-refractivity contribution in [1.82, 2.24) is 16.0 Å². The molecule has 0 aliphatic rings. The molecule has 0 saturated carbocycles. The molecule has 0 bridgehead atoms. The van der Waals surface area contributed by atoms with E-state index in [0.29, 0.717) is 18.4 Å². The highest BCUT2D eigenvalue weighted by Gasteiger charge is 2.32. The first kappa shape index (κ1) is 32.4. The summed E-state index contributed by atoms with van der Waals surface area (Å²) in [5, 5.41) is 26.7. The van der Waals surface area contributed by atoms with Gasteiger partial charge >= 0.3 is 5.97 Å². The van der Waals surface area contributed by atoms with Crippen molar-refractivity contribution < 1.29 is 34.2 Å². The second-order valence-electron chi connectivity index (χ2n) is 9.62. The van der Waals surface area contributed by atoms with E-state index in [4.69, 9.17) is 11.5 Å². The van der Waals surface area contributed by atoms with E-state index >= 15 is 0 Å². The number of hydrogen-bond donors (Lipinski definition) is 7. The maximum absolute atomic E-state index is 13.4. The van der Waals surface area contributed by atoms with Crippen LogP contribution in [-0.4, -0.2) is 64.0 Å². The van der Waals surface area contributed by atoms with E-state index in [-0.39, 0.29) is 30.9 Å². The van der Waals surface area contributed by atoms with Gasteiger partial charge in [0.25, 0.3) is 0 Å². The summed E-state index contributed by atoms with van der Waals surface area (Å²) in [6.45, 7) is 7.13. The minimum absolute atomic E-state index is 0.0137. The minimum atomic E-state index is -1.29. The molecule has 0 heterocycles. The lowest BCUT2D eigenvalue weighted by molar-refractivity contribution is -0.144. The van der Waals surface area contributed by atoms with Gasteiger partial charge in [-0.05, 0) is 36.0 Å². The molecular formula is C26H41N5O7. The summed E-state index contributed by atoms with van der Waals surface area (Å²) in [5.41, 5.74) is 11.9. The van der Waals surface area contributed by atoms with Crippen LogP contribution in [0.25, 0.3) is 0 Å². The third kappa shape index (κ3) is 10.4. The smallest absolute Gasteiger partial charge is 0.326 e. The third-order valence-electron chi connectivity index (χ3n) is 6.66. The van der Waals surface area contributed by atoms with Crippen LogP contribution in [0.1, 0.15) is 58.9 Å². The number of carboxylic acids is 1. The Hall–Kier alpha value is -3.67. The Bertz CT molecular complexity index is 969. The molecule has 0 aromatic heterocycles. The summed E-state index contributed by atoms with van der Waals surface area (Å²) in [7, 11) is 0. The molecule has 4 amide bonds. The van der Waals surface area contributed by atoms with Crippen molar-refractivity contribution in [3.8, 4) is 5.75 Å². The van der Waals surface area contributed by atoms with E-state index in [1.165, 1.54) is 12.1 Å². The van der Waals surface area contributed by atoms with Crippen molar-refractivity contribution in [3.05, 3.63) is 29.8 Å². The van der Waals surface area contributed by atoms with E-state index in [2.05, 4.69) is 16.0 Å². The molecule has 0 fully saturated rings. The highest BCUT2D eigenvalue weighted by Crippen LogP contribution is 2.13. The number of aromatic hydroxyl groups is 1. The number of phenols is 1. The van der Waals surface area contributed by atoms with Crippen molar-refractivity contribution in [2.75, 3.05) is 0 Å². The number of hydrogen-bond acceptors (Lipinski definition) is 7. The van der Waals surface area contributed by atoms with Crippen LogP contribution in [0.5, 0.6) is 5.75 Å². The number of benzene rings is 1. The summed E-state index contributed by atoms with van der Waals surface area (Å²) in [6.07, 6.45) is 0.714. The van der Waals surface area contributed by atoms with Crippen LogP contribution in [-0.2, 0) is 30.4 Å². The Morgan fingerprint density at radius 3 is 1.87 bits per heavy atom. The summed E-state index contributed by atoms with van der Waals surface area (Å²) in [5.74, 6) is -4.55. The number of amides is 4. The lowest BCUT2D eigenvalue weighted by atomic mass is 9.97. The third-order valence-corrected chi connectivity index (χ3v) is 6.66. The highest BCUT2D eigenvalue weighted by atomic mass is 16.4. The van der Waals surface area contributed by atoms with Crippen LogP contribution in [0.4, 0.5) is 0 Å². The van der Waals surface area contributed by atoms with E-state index < -0.39 is 59.7 Å². The van der Waals surface area contributed by atoms with E-state index in [1.54, 1.807) is 32.9 Å². The van der Waals surface area contributed by atoms with Gasteiger partial charge in [0.05, 0.1) is 6.04 Å². The maximum atomic E-state index is 13.4. The average Bonchev–Trinajstić information content (AvgIpc) is 2.88. The molecule has 0 aliphatic carbocycles. The molecule has 0 spiro atoms. The largest absolute Gasteiger partial charge is 0.508 e. The second-order valence-corrected chi connectivity index (χ2v) is 9.62. The Labute approximate surface area is 222 Å². The molecule has 12 nitrogen and oxygen atoms in total. The SMILES string of the molecule is CCC(C)C(N)C(=O)NC(Cc1ccc(O)cc1)C(=O)NC(CCC(N)=O)C(=O)NC(C(=O)O)C(C)CC. The fourth-order valence-corrected chi connectivity index (χ4v) is 3.62. The molecule has 212 valence electrons. The first-order valence-corrected chi connectivity index (χ1v) is 12.8. The van der Waals surface area contributed by atoms with Crippen LogP contribution in [0, 0.1) is 11.8 Å². The molecule has 0 saturated heterocycles. The molecule has 0 radical (unpaired) electrons. The average molecular weight is 536 g/mol. The number of nitrogens with two attached hydrogens (primary N) is 2. The van der Waals surface area contributed by atoms with Gasteiger partial charge in [0.15, 0.2) is 0 Å². The summed E-state index contributed by atoms with van der Waals surface area (Å²) in [4.78, 5) is 62.3. The lowest BCUT2D eigenvalue weighted by Gasteiger charge is -2.27. The molecule has 0 aliphatic heterocycles. The van der Waals surface area contributed by atoms with Gasteiger partial charge in [-0.25, -0.2) is 4.79 Å². The van der Waals surface area contributed by atoms with E-state index in [9.17, 15) is 34.2 Å². The van der Waals surface area contributed by atoms with Gasteiger partial charge in [0.1, 0.15) is 23.9 Å². The Kier molecular flexibility index (Phi) is 13.2. The summed E-state index contributed by atoms with van der Waals surface area (Å²) < 4.78 is 0. The highest BCUT2D eigenvalue weighted by molar-refractivity contribution is 5.94. The predicted molar refractivity (Wildman–Crippen MR) is 141 cm³/mol. The van der Waals surface area contributed by atoms with Crippen molar-refractivity contribution >= 4 is 29.6 Å². The van der Waals surface area contributed by atoms with Crippen LogP contribution < -0.4 is 27.4 Å². The Morgan fingerprint density at radius 1 is 0.842 bits per heavy atom. The molecule has 38 heavy (non-hydrogen) atoms. The predicted octanol–water partition coefficient (Wildman–Crippen LogP) is 0.159. The number of rotatable bonds is 16. The van der Waals surface area contributed by atoms with Crippen LogP contribution >= 0.6 is 0 Å². The molecule has 9 N–H and O–H groups in total. The van der Waals surface area contributed by atoms with Gasteiger partial charge in [0.2, 0.25) is 23.6 Å². The number of carbonyl (C=O) groups excluding carboxylic acids is 4. The zero-order chi connectivity index (χ0) is 29.0. The van der Waals surface area contributed by atoms with Crippen LogP contribution in [0.2, 0.25) is 0 Å². The van der Waals surface area contributed by atoms with Crippen molar-refractivity contribution in [1.29, 1.82) is 0 Å². The Balaban J connectivity index is 3.21. The first-order valence-electron chi connectivity index (χ1n) is 12.8. The molecule has 1 aromatic carbocycles. The topological polar surface area (TPSA) is 214 Å². The fraction of sp³-hybridized carbons (Fsp3) is 0.577.